The van der Waals surface area contributed by atoms with E-state index in [4.69, 9.17) is 0 Å². The van der Waals surface area contributed by atoms with E-state index in [9.17, 15) is 9.90 Å². The van der Waals surface area contributed by atoms with E-state index >= 15 is 0 Å². The Morgan fingerprint density at radius 2 is 1.00 bits per heavy atom. The molecule has 0 spiro atoms. The van der Waals surface area contributed by atoms with Crippen molar-refractivity contribution in [1.82, 2.24) is 0 Å². The molecule has 0 atom stereocenters. The highest BCUT2D eigenvalue weighted by Crippen LogP contribution is 2.26. The molecule has 118 valence electrons. The second-order valence-electron chi connectivity index (χ2n) is 5.71. The largest absolute Gasteiger partial charge is 0.478 e. The molecule has 0 aliphatic rings. The van der Waals surface area contributed by atoms with E-state index in [-0.39, 0.29) is 0 Å². The van der Waals surface area contributed by atoms with Crippen LogP contribution in [0.25, 0.3) is 0 Å². The number of rotatable bonds is 10. The van der Waals surface area contributed by atoms with Crippen molar-refractivity contribution in [3.8, 4) is 0 Å². The molecule has 0 radical (unpaired) electrons. The fourth-order valence-electron chi connectivity index (χ4n) is 3.46. The Bertz CT molecular complexity index is 303. The Labute approximate surface area is 130 Å². The highest BCUT2D eigenvalue weighted by atomic mass is 28.3. The van der Waals surface area contributed by atoms with Gasteiger partial charge in [-0.1, -0.05) is 82.6 Å². The number of hydrogen-bond donors (Lipinski definition) is 1. The molecule has 1 N–H and O–H groups in total. The van der Waals surface area contributed by atoms with Gasteiger partial charge in [0, 0.05) is 5.20 Å². The maximum atomic E-state index is 12.0. The van der Waals surface area contributed by atoms with Crippen molar-refractivity contribution in [3.05, 3.63) is 10.0 Å². The lowest BCUT2D eigenvalue weighted by Gasteiger charge is -2.28. The summed E-state index contributed by atoms with van der Waals surface area (Å²) in [7, 11) is -3.25. The van der Waals surface area contributed by atoms with Crippen LogP contribution in [0.15, 0.2) is 10.0 Å². The minimum Gasteiger partial charge on any atom is -0.478 e. The maximum absolute atomic E-state index is 12.0. The molecule has 0 aliphatic carbocycles. The van der Waals surface area contributed by atoms with Crippen LogP contribution in [0.3, 0.4) is 0 Å². The van der Waals surface area contributed by atoms with Gasteiger partial charge in [-0.2, -0.15) is 0 Å². The molecule has 0 rings (SSSR count). The topological polar surface area (TPSA) is 37.3 Å². The first-order valence-corrected chi connectivity index (χ1v) is 15.1. The third-order valence-corrected chi connectivity index (χ3v) is 18.0. The van der Waals surface area contributed by atoms with Crippen molar-refractivity contribution >= 4 is 32.4 Å². The van der Waals surface area contributed by atoms with Crippen LogP contribution >= 0.6 is 0 Å². The van der Waals surface area contributed by atoms with Crippen LogP contribution in [0.2, 0.25) is 36.3 Å². The Kier molecular flexibility index (Phi) is 10.5. The number of hydrogen-bond acceptors (Lipinski definition) is 1. The Morgan fingerprint density at radius 3 is 1.20 bits per heavy atom. The van der Waals surface area contributed by atoms with Crippen molar-refractivity contribution in [1.29, 1.82) is 0 Å². The van der Waals surface area contributed by atoms with Gasteiger partial charge in [-0.25, -0.2) is 4.79 Å². The van der Waals surface area contributed by atoms with E-state index in [1.165, 1.54) is 24.2 Å². The first-order valence-electron chi connectivity index (χ1n) is 8.49. The summed E-state index contributed by atoms with van der Waals surface area (Å²) in [5.41, 5.74) is 0. The molecular formula is C15H34O2Si3. The second-order valence-corrected chi connectivity index (χ2v) is 17.3. The molecule has 20 heavy (non-hydrogen) atoms. The quantitative estimate of drug-likeness (QED) is 0.489. The van der Waals surface area contributed by atoms with E-state index in [0.717, 1.165) is 17.3 Å². The summed E-state index contributed by atoms with van der Waals surface area (Å²) >= 11 is 0. The molecule has 0 bridgehead atoms. The van der Waals surface area contributed by atoms with Gasteiger partial charge in [-0.3, -0.25) is 0 Å². The highest BCUT2D eigenvalue weighted by Gasteiger charge is 2.30. The van der Waals surface area contributed by atoms with Crippen LogP contribution in [-0.2, 0) is 4.79 Å². The van der Waals surface area contributed by atoms with Gasteiger partial charge in [0.2, 0.25) is 0 Å². The van der Waals surface area contributed by atoms with Gasteiger partial charge in [-0.15, -0.1) is 0 Å². The van der Waals surface area contributed by atoms with Gasteiger partial charge in [0.25, 0.3) is 0 Å². The molecule has 0 amide bonds. The molecule has 0 aromatic carbocycles. The predicted octanol–water partition coefficient (Wildman–Crippen LogP) is 3.79. The first-order chi connectivity index (χ1) is 9.51. The van der Waals surface area contributed by atoms with Crippen LogP contribution in [0, 0.1) is 0 Å². The molecule has 0 unspecified atom stereocenters. The summed E-state index contributed by atoms with van der Waals surface area (Å²) in [5, 5.41) is 10.9. The van der Waals surface area contributed by atoms with Crippen LogP contribution in [0.5, 0.6) is 0 Å². The van der Waals surface area contributed by atoms with Crippen molar-refractivity contribution in [2.75, 3.05) is 0 Å². The summed E-state index contributed by atoms with van der Waals surface area (Å²) in [5.74, 6) is -0.556. The van der Waals surface area contributed by atoms with Gasteiger partial charge in [0.1, 0.15) is 0 Å². The number of aliphatic carboxylic acids is 1. The lowest BCUT2D eigenvalue weighted by Crippen LogP contribution is -2.35. The van der Waals surface area contributed by atoms with Gasteiger partial charge < -0.3 is 5.11 Å². The van der Waals surface area contributed by atoms with Crippen LogP contribution in [-0.4, -0.2) is 37.5 Å². The maximum Gasteiger partial charge on any atom is 0.326 e. The second kappa shape index (κ2) is 10.6. The lowest BCUT2D eigenvalue weighted by molar-refractivity contribution is -0.132. The number of carboxylic acids is 1. The third kappa shape index (κ3) is 5.00. The Morgan fingerprint density at radius 1 is 0.700 bits per heavy atom. The zero-order valence-corrected chi connectivity index (χ0v) is 17.8. The molecule has 0 aromatic rings. The Hall–Kier alpha value is -0.139. The molecule has 0 heterocycles. The van der Waals surface area contributed by atoms with Crippen molar-refractivity contribution in [3.63, 3.8) is 0 Å². The van der Waals surface area contributed by atoms with Gasteiger partial charge in [0.15, 0.2) is 0 Å². The number of carbonyl (C=O) groups is 1. The summed E-state index contributed by atoms with van der Waals surface area (Å²) in [4.78, 5) is 13.6. The van der Waals surface area contributed by atoms with Crippen LogP contribution in [0.4, 0.5) is 0 Å². The standard InChI is InChI=1S/C15H34O2Si3/c1-7-18(8-2)13(14(16)17)15(19(9-3)10-4)20(11-5)12-6/h18-20H,7-12H2,1-6H3,(H,16,17). The van der Waals surface area contributed by atoms with Crippen molar-refractivity contribution in [2.45, 2.75) is 77.8 Å². The van der Waals surface area contributed by atoms with Crippen LogP contribution in [0.1, 0.15) is 41.5 Å². The number of carboxylic acid groups (broad SMARTS) is 1. The zero-order valence-electron chi connectivity index (χ0n) is 14.3. The average Bonchev–Trinajstić information content (AvgIpc) is 2.45. The zero-order chi connectivity index (χ0) is 15.7. The summed E-state index contributed by atoms with van der Waals surface area (Å²) in [6.07, 6.45) is 0. The van der Waals surface area contributed by atoms with E-state index in [0.29, 0.717) is 0 Å². The van der Waals surface area contributed by atoms with Crippen molar-refractivity contribution < 1.29 is 9.90 Å². The molecule has 0 saturated carbocycles. The first kappa shape index (κ1) is 19.9. The van der Waals surface area contributed by atoms with Crippen LogP contribution < -0.4 is 0 Å². The van der Waals surface area contributed by atoms with E-state index in [1.54, 1.807) is 4.82 Å². The molecule has 5 heteroatoms. The van der Waals surface area contributed by atoms with Gasteiger partial charge in [0.05, 0.1) is 26.4 Å². The van der Waals surface area contributed by atoms with E-state index in [2.05, 4.69) is 41.5 Å². The molecule has 2 nitrogen and oxygen atoms in total. The predicted molar refractivity (Wildman–Crippen MR) is 99.0 cm³/mol. The molecule has 0 aliphatic heterocycles. The Balaban J connectivity index is 6.03. The SMILES string of the molecule is CC[SiH](CC)C(C(=O)O)=C([SiH](CC)CC)[SiH](CC)CC. The monoisotopic (exact) mass is 330 g/mol. The molecule has 0 fully saturated rings. The highest BCUT2D eigenvalue weighted by molar-refractivity contribution is 6.92. The summed E-state index contributed by atoms with van der Waals surface area (Å²) in [6, 6.07) is 7.15. The van der Waals surface area contributed by atoms with E-state index < -0.39 is 32.4 Å². The van der Waals surface area contributed by atoms with Gasteiger partial charge >= 0.3 is 5.97 Å². The van der Waals surface area contributed by atoms with Gasteiger partial charge in [-0.05, 0) is 0 Å². The average molecular weight is 331 g/mol. The fraction of sp³-hybridized carbons (Fsp3) is 0.800. The summed E-state index contributed by atoms with van der Waals surface area (Å²) in [6.45, 7) is 13.5. The minimum atomic E-state index is -1.24. The van der Waals surface area contributed by atoms with Crippen molar-refractivity contribution in [2.24, 2.45) is 0 Å². The summed E-state index contributed by atoms with van der Waals surface area (Å²) < 4.78 is 0. The molecular weight excluding hydrogens is 296 g/mol. The third-order valence-electron chi connectivity index (χ3n) is 4.79. The molecule has 0 saturated heterocycles. The lowest BCUT2D eigenvalue weighted by atomic mass is 10.6. The normalized spacial score (nSPS) is 11.4. The molecule has 0 aromatic heterocycles. The fourth-order valence-corrected chi connectivity index (χ4v) is 18.0. The van der Waals surface area contributed by atoms with E-state index in [1.807, 2.05) is 0 Å². The minimum absolute atomic E-state index is 0.556. The smallest absolute Gasteiger partial charge is 0.326 e.